The third-order valence-corrected chi connectivity index (χ3v) is 3.80. The average molecular weight is 294 g/mol. The second-order valence-corrected chi connectivity index (χ2v) is 4.97. The Morgan fingerprint density at radius 2 is 2.26 bits per heavy atom. The Morgan fingerprint density at radius 3 is 3.11 bits per heavy atom. The maximum absolute atomic E-state index is 6.22. The van der Waals surface area contributed by atoms with Gasteiger partial charge < -0.3 is 9.88 Å². The van der Waals surface area contributed by atoms with Crippen molar-refractivity contribution < 1.29 is 0 Å². The molecule has 3 aromatic rings. The van der Waals surface area contributed by atoms with Crippen molar-refractivity contribution in [3.63, 3.8) is 0 Å². The number of nitrogens with one attached hydrogen (secondary N) is 1. The maximum atomic E-state index is 6.22. The van der Waals surface area contributed by atoms with Gasteiger partial charge in [0.2, 0.25) is 0 Å². The molecule has 7 heteroatoms. The van der Waals surface area contributed by atoms with E-state index >= 15 is 0 Å². The van der Waals surface area contributed by atoms with Crippen LogP contribution in [0.2, 0.25) is 5.02 Å². The van der Waals surface area contributed by atoms with Crippen LogP contribution in [-0.2, 0) is 13.1 Å². The summed E-state index contributed by atoms with van der Waals surface area (Å²) in [6.45, 7) is 3.59. The molecule has 3 rings (SSSR count). The lowest BCUT2D eigenvalue weighted by Crippen LogP contribution is -2.08. The van der Waals surface area contributed by atoms with Crippen molar-refractivity contribution in [3.8, 4) is 0 Å². The van der Waals surface area contributed by atoms with Gasteiger partial charge in [-0.25, -0.2) is 4.98 Å². The molecule has 98 valence electrons. The quantitative estimate of drug-likeness (QED) is 0.803. The number of aryl methyl sites for hydroxylation is 1. The number of hydrogen-bond donors (Lipinski definition) is 1. The van der Waals surface area contributed by atoms with Gasteiger partial charge in [0.15, 0.2) is 0 Å². The first-order valence-electron chi connectivity index (χ1n) is 5.94. The third kappa shape index (κ3) is 2.29. The van der Waals surface area contributed by atoms with Crippen LogP contribution >= 0.6 is 23.3 Å². The molecule has 0 saturated carbocycles. The molecule has 5 nitrogen and oxygen atoms in total. The van der Waals surface area contributed by atoms with Crippen LogP contribution in [0.15, 0.2) is 24.5 Å². The molecule has 0 aliphatic heterocycles. The Labute approximate surface area is 119 Å². The molecular formula is C12H12ClN5S. The predicted octanol–water partition coefficient (Wildman–Crippen LogP) is 3.17. The Hall–Kier alpha value is -1.66. The van der Waals surface area contributed by atoms with Gasteiger partial charge in [-0.2, -0.15) is 8.75 Å². The maximum Gasteiger partial charge on any atom is 0.129 e. The molecule has 19 heavy (non-hydrogen) atoms. The smallest absolute Gasteiger partial charge is 0.129 e. The molecule has 0 aliphatic rings. The molecule has 0 radical (unpaired) electrons. The molecule has 0 fully saturated rings. The van der Waals surface area contributed by atoms with E-state index in [0.717, 1.165) is 29.1 Å². The number of nitrogens with zero attached hydrogens (tertiary/aromatic N) is 4. The van der Waals surface area contributed by atoms with Crippen molar-refractivity contribution >= 4 is 40.0 Å². The van der Waals surface area contributed by atoms with Crippen LogP contribution in [0.1, 0.15) is 12.7 Å². The summed E-state index contributed by atoms with van der Waals surface area (Å²) in [5.41, 5.74) is 2.49. The van der Waals surface area contributed by atoms with Gasteiger partial charge in [0.05, 0.1) is 29.0 Å². The molecule has 0 spiro atoms. The highest BCUT2D eigenvalue weighted by molar-refractivity contribution is 7.00. The molecule has 0 aliphatic carbocycles. The minimum atomic E-state index is 0.608. The lowest BCUT2D eigenvalue weighted by molar-refractivity contribution is 0.708. The van der Waals surface area contributed by atoms with Gasteiger partial charge in [-0.3, -0.25) is 0 Å². The molecule has 0 saturated heterocycles. The fourth-order valence-electron chi connectivity index (χ4n) is 1.96. The van der Waals surface area contributed by atoms with E-state index in [-0.39, 0.29) is 0 Å². The highest BCUT2D eigenvalue weighted by Gasteiger charge is 2.10. The van der Waals surface area contributed by atoms with Gasteiger partial charge in [0.25, 0.3) is 0 Å². The monoisotopic (exact) mass is 293 g/mol. The number of rotatable bonds is 4. The second kappa shape index (κ2) is 5.14. The lowest BCUT2D eigenvalue weighted by Gasteiger charge is -2.09. The highest BCUT2D eigenvalue weighted by atomic mass is 35.5. The summed E-state index contributed by atoms with van der Waals surface area (Å²) in [6, 6.07) is 3.71. The van der Waals surface area contributed by atoms with Gasteiger partial charge in [-0.1, -0.05) is 11.6 Å². The molecular weight excluding hydrogens is 282 g/mol. The molecule has 0 bridgehead atoms. The molecule has 2 aromatic heterocycles. The van der Waals surface area contributed by atoms with Crippen molar-refractivity contribution in [1.82, 2.24) is 18.3 Å². The number of aromatic nitrogens is 4. The normalized spacial score (nSPS) is 11.1. The van der Waals surface area contributed by atoms with E-state index in [0.29, 0.717) is 11.6 Å². The predicted molar refractivity (Wildman–Crippen MR) is 77.7 cm³/mol. The fourth-order valence-corrected chi connectivity index (χ4v) is 2.72. The van der Waals surface area contributed by atoms with E-state index in [9.17, 15) is 0 Å². The summed E-state index contributed by atoms with van der Waals surface area (Å²) in [5.74, 6) is 0.971. The summed E-state index contributed by atoms with van der Waals surface area (Å²) in [4.78, 5) is 4.32. The van der Waals surface area contributed by atoms with Crippen molar-refractivity contribution in [2.24, 2.45) is 0 Å². The zero-order chi connectivity index (χ0) is 13.2. The minimum absolute atomic E-state index is 0.608. The first-order valence-corrected chi connectivity index (χ1v) is 7.05. The number of hydrogen-bond acceptors (Lipinski definition) is 5. The van der Waals surface area contributed by atoms with Crippen molar-refractivity contribution in [2.75, 3.05) is 5.32 Å². The highest BCUT2D eigenvalue weighted by Crippen LogP contribution is 2.30. The SMILES string of the molecule is CCn1ccnc1CNc1c(Cl)ccc2nsnc12. The molecule has 2 heterocycles. The number of anilines is 1. The molecule has 1 N–H and O–H groups in total. The topological polar surface area (TPSA) is 55.6 Å². The minimum Gasteiger partial charge on any atom is -0.375 e. The summed E-state index contributed by atoms with van der Waals surface area (Å²) < 4.78 is 10.6. The number of halogens is 1. The van der Waals surface area contributed by atoms with Crippen LogP contribution in [-0.4, -0.2) is 18.3 Å². The number of imidazole rings is 1. The van der Waals surface area contributed by atoms with E-state index in [1.807, 2.05) is 18.3 Å². The Bertz CT molecular complexity index is 705. The van der Waals surface area contributed by atoms with Crippen molar-refractivity contribution in [1.29, 1.82) is 0 Å². The number of benzene rings is 1. The Morgan fingerprint density at radius 1 is 1.37 bits per heavy atom. The van der Waals surface area contributed by atoms with Gasteiger partial charge in [0.1, 0.15) is 16.9 Å². The van der Waals surface area contributed by atoms with Crippen LogP contribution in [0.5, 0.6) is 0 Å². The van der Waals surface area contributed by atoms with Gasteiger partial charge >= 0.3 is 0 Å². The van der Waals surface area contributed by atoms with Gasteiger partial charge in [-0.15, -0.1) is 0 Å². The second-order valence-electron chi connectivity index (χ2n) is 4.04. The van der Waals surface area contributed by atoms with E-state index in [2.05, 4.69) is 30.5 Å². The van der Waals surface area contributed by atoms with E-state index in [1.165, 1.54) is 11.7 Å². The number of fused-ring (bicyclic) bond motifs is 1. The van der Waals surface area contributed by atoms with Crippen molar-refractivity contribution in [2.45, 2.75) is 20.0 Å². The standard InChI is InChI=1S/C12H12ClN5S/c1-2-18-6-5-14-10(18)7-15-11-8(13)3-4-9-12(11)17-19-16-9/h3-6,15H,2,7H2,1H3. The molecule has 0 unspecified atom stereocenters. The summed E-state index contributed by atoms with van der Waals surface area (Å²) in [6.07, 6.45) is 3.76. The van der Waals surface area contributed by atoms with E-state index in [1.54, 1.807) is 6.20 Å². The largest absolute Gasteiger partial charge is 0.375 e. The van der Waals surface area contributed by atoms with E-state index in [4.69, 9.17) is 11.6 Å². The summed E-state index contributed by atoms with van der Waals surface area (Å²) in [7, 11) is 0. The third-order valence-electron chi connectivity index (χ3n) is 2.94. The van der Waals surface area contributed by atoms with Gasteiger partial charge in [-0.05, 0) is 19.1 Å². The van der Waals surface area contributed by atoms with Crippen LogP contribution in [0.4, 0.5) is 5.69 Å². The first kappa shape index (κ1) is 12.4. The first-order chi connectivity index (χ1) is 9.29. The van der Waals surface area contributed by atoms with Crippen LogP contribution in [0.3, 0.4) is 0 Å². The van der Waals surface area contributed by atoms with E-state index < -0.39 is 0 Å². The average Bonchev–Trinajstić information content (AvgIpc) is 3.05. The van der Waals surface area contributed by atoms with Gasteiger partial charge in [0, 0.05) is 18.9 Å². The van der Waals surface area contributed by atoms with Crippen molar-refractivity contribution in [3.05, 3.63) is 35.4 Å². The van der Waals surface area contributed by atoms with Crippen LogP contribution in [0.25, 0.3) is 11.0 Å². The Kier molecular flexibility index (Phi) is 3.35. The zero-order valence-corrected chi connectivity index (χ0v) is 11.9. The molecule has 1 aromatic carbocycles. The van der Waals surface area contributed by atoms with Crippen LogP contribution in [0, 0.1) is 0 Å². The van der Waals surface area contributed by atoms with Crippen LogP contribution < -0.4 is 5.32 Å². The zero-order valence-electron chi connectivity index (χ0n) is 10.3. The molecule has 0 amide bonds. The Balaban J connectivity index is 1.89. The summed E-state index contributed by atoms with van der Waals surface area (Å²) in [5, 5.41) is 3.96. The summed E-state index contributed by atoms with van der Waals surface area (Å²) >= 11 is 7.41. The fraction of sp³-hybridized carbons (Fsp3) is 0.250. The molecule has 0 atom stereocenters. The lowest BCUT2D eigenvalue weighted by atomic mass is 10.2.